The number of rotatable bonds is 8. The molecule has 1 aromatic heterocycles. The van der Waals surface area contributed by atoms with Crippen molar-refractivity contribution in [2.24, 2.45) is 5.73 Å². The quantitative estimate of drug-likeness (QED) is 0.757. The molecule has 0 fully saturated rings. The van der Waals surface area contributed by atoms with Crippen molar-refractivity contribution in [1.82, 2.24) is 4.90 Å². The van der Waals surface area contributed by atoms with Crippen molar-refractivity contribution in [3.05, 3.63) is 59.0 Å². The first-order valence-corrected chi connectivity index (χ1v) is 7.78. The van der Waals surface area contributed by atoms with E-state index in [0.717, 1.165) is 5.56 Å². The molecule has 0 aliphatic heterocycles. The number of nitrogens with zero attached hydrogens (tertiary/aromatic N) is 1. The summed E-state index contributed by atoms with van der Waals surface area (Å²) in [6, 6.07) is 9.30. The summed E-state index contributed by atoms with van der Waals surface area (Å²) in [5.41, 5.74) is 6.87. The second-order valence-electron chi connectivity index (χ2n) is 5.72. The smallest absolute Gasteiger partial charge is 0.311 e. The zero-order valence-electron chi connectivity index (χ0n) is 13.9. The molecule has 7 nitrogen and oxygen atoms in total. The maximum atomic E-state index is 13.0. The molecule has 0 bridgehead atoms. The van der Waals surface area contributed by atoms with E-state index in [-0.39, 0.29) is 43.2 Å². The van der Waals surface area contributed by atoms with Gasteiger partial charge in [0.1, 0.15) is 12.2 Å². The van der Waals surface area contributed by atoms with Gasteiger partial charge in [-0.05, 0) is 12.5 Å². The highest BCUT2D eigenvalue weighted by atomic mass is 16.4. The molecular weight excluding hydrogens is 324 g/mol. The number of hydrogen-bond acceptors (Lipinski definition) is 4. The Labute approximate surface area is 145 Å². The summed E-state index contributed by atoms with van der Waals surface area (Å²) < 4.78 is 5.23. The van der Waals surface area contributed by atoms with Crippen molar-refractivity contribution in [1.29, 1.82) is 0 Å². The minimum atomic E-state index is -1.09. The molecule has 1 heterocycles. The number of aliphatic carboxylic acids is 1. The number of primary amides is 1. The van der Waals surface area contributed by atoms with Gasteiger partial charge in [0.25, 0.3) is 5.91 Å². The lowest BCUT2D eigenvalue weighted by atomic mass is 10.1. The fourth-order valence-corrected chi connectivity index (χ4v) is 2.51. The second kappa shape index (κ2) is 8.14. The van der Waals surface area contributed by atoms with E-state index in [2.05, 4.69) is 0 Å². The third-order valence-corrected chi connectivity index (χ3v) is 3.71. The number of amides is 2. The molecule has 0 saturated carbocycles. The number of carbonyl (C=O) groups excluding carboxylic acids is 2. The van der Waals surface area contributed by atoms with Crippen LogP contribution in [-0.4, -0.2) is 34.3 Å². The minimum absolute atomic E-state index is 0.0176. The zero-order chi connectivity index (χ0) is 18.4. The van der Waals surface area contributed by atoms with Gasteiger partial charge in [0, 0.05) is 25.1 Å². The molecular formula is C18H20N2O5. The fourth-order valence-electron chi connectivity index (χ4n) is 2.51. The standard InChI is InChI=1S/C18H20N2O5/c1-12-11-25-14(9-16(22)23)17(12)18(24)20(8-7-15(19)21)10-13-5-3-2-4-6-13/h2-6,11H,7-10H2,1H3,(H2,19,21)(H,22,23). The lowest BCUT2D eigenvalue weighted by molar-refractivity contribution is -0.136. The first-order valence-electron chi connectivity index (χ1n) is 7.78. The Morgan fingerprint density at radius 1 is 1.20 bits per heavy atom. The van der Waals surface area contributed by atoms with Crippen LogP contribution in [0.2, 0.25) is 0 Å². The van der Waals surface area contributed by atoms with Gasteiger partial charge in [-0.25, -0.2) is 0 Å². The van der Waals surface area contributed by atoms with Crippen LogP contribution in [0.5, 0.6) is 0 Å². The summed E-state index contributed by atoms with van der Waals surface area (Å²) in [5, 5.41) is 8.99. The largest absolute Gasteiger partial charge is 0.481 e. The van der Waals surface area contributed by atoms with Gasteiger partial charge in [-0.15, -0.1) is 0 Å². The Morgan fingerprint density at radius 2 is 1.88 bits per heavy atom. The van der Waals surface area contributed by atoms with E-state index < -0.39 is 11.9 Å². The zero-order valence-corrected chi connectivity index (χ0v) is 13.9. The van der Waals surface area contributed by atoms with Gasteiger partial charge < -0.3 is 20.2 Å². The lowest BCUT2D eigenvalue weighted by Gasteiger charge is -2.22. The molecule has 0 saturated heterocycles. The Bertz CT molecular complexity index is 767. The van der Waals surface area contributed by atoms with Crippen LogP contribution in [0.4, 0.5) is 0 Å². The third-order valence-electron chi connectivity index (χ3n) is 3.71. The molecule has 2 aromatic rings. The first kappa shape index (κ1) is 18.3. The van der Waals surface area contributed by atoms with Gasteiger partial charge in [0.15, 0.2) is 0 Å². The van der Waals surface area contributed by atoms with Crippen molar-refractivity contribution in [2.75, 3.05) is 6.54 Å². The number of aryl methyl sites for hydroxylation is 1. The van der Waals surface area contributed by atoms with Crippen molar-refractivity contribution in [2.45, 2.75) is 26.3 Å². The number of benzene rings is 1. The van der Waals surface area contributed by atoms with Gasteiger partial charge in [0.05, 0.1) is 11.8 Å². The van der Waals surface area contributed by atoms with Crippen LogP contribution in [0.15, 0.2) is 41.0 Å². The average Bonchev–Trinajstić information content (AvgIpc) is 2.91. The first-order chi connectivity index (χ1) is 11.9. The SMILES string of the molecule is Cc1coc(CC(=O)O)c1C(=O)N(CCC(N)=O)Cc1ccccc1. The summed E-state index contributed by atoms with van der Waals surface area (Å²) in [6.45, 7) is 2.10. The molecule has 2 rings (SSSR count). The predicted molar refractivity (Wildman–Crippen MR) is 89.8 cm³/mol. The van der Waals surface area contributed by atoms with Crippen molar-refractivity contribution < 1.29 is 23.9 Å². The van der Waals surface area contributed by atoms with Gasteiger partial charge in [0.2, 0.25) is 5.91 Å². The summed E-state index contributed by atoms with van der Waals surface area (Å²) in [4.78, 5) is 36.6. The number of carbonyl (C=O) groups is 3. The van der Waals surface area contributed by atoms with Crippen LogP contribution in [-0.2, 0) is 22.6 Å². The van der Waals surface area contributed by atoms with Crippen LogP contribution >= 0.6 is 0 Å². The molecule has 0 aliphatic rings. The van der Waals surface area contributed by atoms with Crippen LogP contribution in [0, 0.1) is 6.92 Å². The Hall–Kier alpha value is -3.09. The van der Waals surface area contributed by atoms with Crippen LogP contribution in [0.1, 0.15) is 33.7 Å². The van der Waals surface area contributed by atoms with Crippen molar-refractivity contribution in [3.63, 3.8) is 0 Å². The van der Waals surface area contributed by atoms with E-state index in [0.29, 0.717) is 5.56 Å². The monoisotopic (exact) mass is 344 g/mol. The average molecular weight is 344 g/mol. The minimum Gasteiger partial charge on any atom is -0.481 e. The lowest BCUT2D eigenvalue weighted by Crippen LogP contribution is -2.34. The molecule has 0 aliphatic carbocycles. The van der Waals surface area contributed by atoms with Gasteiger partial charge in [-0.2, -0.15) is 0 Å². The highest BCUT2D eigenvalue weighted by molar-refractivity contribution is 5.97. The molecule has 2 amide bonds. The molecule has 3 N–H and O–H groups in total. The summed E-state index contributed by atoms with van der Waals surface area (Å²) in [6.07, 6.45) is 0.994. The summed E-state index contributed by atoms with van der Waals surface area (Å²) in [7, 11) is 0. The van der Waals surface area contributed by atoms with Gasteiger partial charge in [-0.1, -0.05) is 30.3 Å². The number of furan rings is 1. The maximum Gasteiger partial charge on any atom is 0.311 e. The van der Waals surface area contributed by atoms with Crippen molar-refractivity contribution >= 4 is 17.8 Å². The van der Waals surface area contributed by atoms with E-state index in [1.165, 1.54) is 11.2 Å². The van der Waals surface area contributed by atoms with Crippen molar-refractivity contribution in [3.8, 4) is 0 Å². The van der Waals surface area contributed by atoms with Gasteiger partial charge in [-0.3, -0.25) is 14.4 Å². The van der Waals surface area contributed by atoms with E-state index in [9.17, 15) is 14.4 Å². The Morgan fingerprint density at radius 3 is 2.48 bits per heavy atom. The topological polar surface area (TPSA) is 114 Å². The molecule has 1 aromatic carbocycles. The van der Waals surface area contributed by atoms with E-state index in [4.69, 9.17) is 15.3 Å². The molecule has 25 heavy (non-hydrogen) atoms. The fraction of sp³-hybridized carbons (Fsp3) is 0.278. The Balaban J connectivity index is 2.29. The number of carboxylic acids is 1. The predicted octanol–water partition coefficient (Wildman–Crippen LogP) is 1.73. The Kier molecular flexibility index (Phi) is 5.94. The second-order valence-corrected chi connectivity index (χ2v) is 5.72. The van der Waals surface area contributed by atoms with Crippen LogP contribution < -0.4 is 5.73 Å². The molecule has 0 atom stereocenters. The third kappa shape index (κ3) is 4.94. The molecule has 0 spiro atoms. The van der Waals surface area contributed by atoms with E-state index in [1.807, 2.05) is 30.3 Å². The number of carboxylic acid groups (broad SMARTS) is 1. The maximum absolute atomic E-state index is 13.0. The highest BCUT2D eigenvalue weighted by Crippen LogP contribution is 2.21. The van der Waals surface area contributed by atoms with Crippen LogP contribution in [0.3, 0.4) is 0 Å². The molecule has 132 valence electrons. The summed E-state index contributed by atoms with van der Waals surface area (Å²) >= 11 is 0. The van der Waals surface area contributed by atoms with Crippen LogP contribution in [0.25, 0.3) is 0 Å². The molecule has 0 radical (unpaired) electrons. The summed E-state index contributed by atoms with van der Waals surface area (Å²) in [5.74, 6) is -1.88. The number of hydrogen-bond donors (Lipinski definition) is 2. The van der Waals surface area contributed by atoms with Gasteiger partial charge >= 0.3 is 5.97 Å². The molecule has 0 unspecified atom stereocenters. The van der Waals surface area contributed by atoms with E-state index >= 15 is 0 Å². The van der Waals surface area contributed by atoms with E-state index in [1.54, 1.807) is 6.92 Å². The molecule has 7 heteroatoms. The number of nitrogens with two attached hydrogens (primary N) is 1. The normalized spacial score (nSPS) is 10.4. The highest BCUT2D eigenvalue weighted by Gasteiger charge is 2.25.